The predicted octanol–water partition coefficient (Wildman–Crippen LogP) is 5.40. The summed E-state index contributed by atoms with van der Waals surface area (Å²) in [4.78, 5) is 24.1. The molecule has 1 aliphatic carbocycles. The normalized spacial score (nSPS) is 38.8. The minimum absolute atomic E-state index is 0.150. The van der Waals surface area contributed by atoms with Crippen LogP contribution in [0.5, 0.6) is 5.75 Å². The standard InChI is InChI=1S/C29H38O8/c1-16-7-10-23-19(4)26(34-27-29(23)22(16)11-12-28(5,35-27)36-37-29)32-14-6-13-31-20-8-9-21-17(2)18(3)25(30)33-24(21)15-20/h8-9,15-16,19,22-23,26-27H,6-7,10-14H2,1-5H3/t16-,19-,22+,23+,26+,27-,28-,29-/m1/s1. The summed E-state index contributed by atoms with van der Waals surface area (Å²) in [6.45, 7) is 11.1. The van der Waals surface area contributed by atoms with Crippen LogP contribution in [0.1, 0.15) is 64.0 Å². The van der Waals surface area contributed by atoms with Crippen molar-refractivity contribution in [2.45, 2.75) is 90.7 Å². The zero-order valence-electron chi connectivity index (χ0n) is 22.4. The van der Waals surface area contributed by atoms with E-state index in [4.69, 9.17) is 33.1 Å². The molecule has 5 fully saturated rings. The summed E-state index contributed by atoms with van der Waals surface area (Å²) in [5, 5.41) is 0.922. The van der Waals surface area contributed by atoms with Crippen LogP contribution < -0.4 is 10.4 Å². The Kier molecular flexibility index (Phi) is 6.39. The molecule has 5 aliphatic rings. The molecule has 0 amide bonds. The van der Waals surface area contributed by atoms with Gasteiger partial charge in [0, 0.05) is 41.7 Å². The average molecular weight is 515 g/mol. The van der Waals surface area contributed by atoms with Gasteiger partial charge in [-0.25, -0.2) is 14.6 Å². The van der Waals surface area contributed by atoms with Crippen LogP contribution in [-0.2, 0) is 24.0 Å². The summed E-state index contributed by atoms with van der Waals surface area (Å²) in [5.41, 5.74) is 1.23. The molecule has 1 aromatic heterocycles. The molecular weight excluding hydrogens is 476 g/mol. The number of benzene rings is 1. The molecule has 5 heterocycles. The molecule has 8 nitrogen and oxygen atoms in total. The van der Waals surface area contributed by atoms with Gasteiger partial charge in [0.05, 0.1) is 13.2 Å². The predicted molar refractivity (Wildman–Crippen MR) is 135 cm³/mol. The maximum atomic E-state index is 12.0. The summed E-state index contributed by atoms with van der Waals surface area (Å²) >= 11 is 0. The smallest absolute Gasteiger partial charge is 0.339 e. The monoisotopic (exact) mass is 514 g/mol. The molecule has 1 spiro atoms. The molecule has 2 aromatic rings. The highest BCUT2D eigenvalue weighted by molar-refractivity contribution is 5.82. The fourth-order valence-electron chi connectivity index (χ4n) is 7.03. The van der Waals surface area contributed by atoms with Crippen molar-refractivity contribution in [3.05, 3.63) is 39.7 Å². The van der Waals surface area contributed by atoms with E-state index in [1.165, 1.54) is 6.42 Å². The summed E-state index contributed by atoms with van der Waals surface area (Å²) in [7, 11) is 0. The summed E-state index contributed by atoms with van der Waals surface area (Å²) in [6, 6.07) is 5.62. The van der Waals surface area contributed by atoms with Crippen LogP contribution in [0.15, 0.2) is 27.4 Å². The van der Waals surface area contributed by atoms with Gasteiger partial charge in [-0.3, -0.25) is 0 Å². The van der Waals surface area contributed by atoms with E-state index >= 15 is 0 Å². The molecule has 37 heavy (non-hydrogen) atoms. The molecule has 1 aromatic carbocycles. The lowest BCUT2D eigenvalue weighted by Crippen LogP contribution is -2.70. The number of rotatable bonds is 6. The lowest BCUT2D eigenvalue weighted by Gasteiger charge is -2.60. The number of ether oxygens (including phenoxy) is 4. The molecule has 0 N–H and O–H groups in total. The van der Waals surface area contributed by atoms with Gasteiger partial charge in [0.15, 0.2) is 18.2 Å². The third-order valence-corrected chi connectivity index (χ3v) is 9.37. The van der Waals surface area contributed by atoms with Gasteiger partial charge in [-0.1, -0.05) is 13.8 Å². The second-order valence-corrected chi connectivity index (χ2v) is 11.6. The molecule has 8 atom stereocenters. The molecule has 2 bridgehead atoms. The van der Waals surface area contributed by atoms with Gasteiger partial charge >= 0.3 is 5.63 Å². The van der Waals surface area contributed by atoms with Crippen molar-refractivity contribution < 1.29 is 33.1 Å². The third kappa shape index (κ3) is 4.12. The first-order valence-electron chi connectivity index (χ1n) is 13.7. The van der Waals surface area contributed by atoms with Crippen LogP contribution in [-0.4, -0.2) is 37.2 Å². The molecule has 202 valence electrons. The van der Waals surface area contributed by atoms with Crippen LogP contribution in [0.3, 0.4) is 0 Å². The molecule has 4 aliphatic heterocycles. The highest BCUT2D eigenvalue weighted by Gasteiger charge is 2.69. The Morgan fingerprint density at radius 3 is 2.70 bits per heavy atom. The Labute approximate surface area is 217 Å². The van der Waals surface area contributed by atoms with Crippen molar-refractivity contribution in [1.82, 2.24) is 0 Å². The summed E-state index contributed by atoms with van der Waals surface area (Å²) < 4.78 is 30.5. The van der Waals surface area contributed by atoms with E-state index in [1.54, 1.807) is 13.0 Å². The minimum Gasteiger partial charge on any atom is -0.493 e. The Morgan fingerprint density at radius 2 is 1.86 bits per heavy atom. The minimum atomic E-state index is -0.785. The molecule has 0 unspecified atom stereocenters. The van der Waals surface area contributed by atoms with Crippen LogP contribution in [0, 0.1) is 37.5 Å². The molecule has 8 heteroatoms. The number of hydrogen-bond acceptors (Lipinski definition) is 8. The lowest BCUT2D eigenvalue weighted by molar-refractivity contribution is -0.577. The van der Waals surface area contributed by atoms with E-state index in [1.807, 2.05) is 26.0 Å². The molecular formula is C29H38O8. The maximum Gasteiger partial charge on any atom is 0.339 e. The number of aryl methyl sites for hydroxylation is 1. The number of fused-ring (bicyclic) bond motifs is 3. The Balaban J connectivity index is 1.08. The third-order valence-electron chi connectivity index (χ3n) is 9.37. The lowest BCUT2D eigenvalue weighted by atomic mass is 9.58. The van der Waals surface area contributed by atoms with E-state index in [-0.39, 0.29) is 23.8 Å². The van der Waals surface area contributed by atoms with Crippen molar-refractivity contribution in [3.8, 4) is 5.75 Å². The molecule has 1 saturated carbocycles. The quantitative estimate of drug-likeness (QED) is 0.288. The summed E-state index contributed by atoms with van der Waals surface area (Å²) in [6.07, 6.45) is 3.85. The van der Waals surface area contributed by atoms with E-state index in [2.05, 4.69) is 13.8 Å². The van der Waals surface area contributed by atoms with Crippen molar-refractivity contribution >= 4 is 11.0 Å². The van der Waals surface area contributed by atoms with Gasteiger partial charge in [0.2, 0.25) is 5.79 Å². The first kappa shape index (κ1) is 25.3. The van der Waals surface area contributed by atoms with Gasteiger partial charge in [-0.05, 0) is 69.6 Å². The molecule has 0 radical (unpaired) electrons. The largest absolute Gasteiger partial charge is 0.493 e. The van der Waals surface area contributed by atoms with Gasteiger partial charge in [-0.2, -0.15) is 0 Å². The molecule has 7 rings (SSSR count). The van der Waals surface area contributed by atoms with Gasteiger partial charge in [-0.15, -0.1) is 0 Å². The van der Waals surface area contributed by atoms with Crippen molar-refractivity contribution in [1.29, 1.82) is 0 Å². The fourth-order valence-corrected chi connectivity index (χ4v) is 7.03. The molecule has 4 saturated heterocycles. The second-order valence-electron chi connectivity index (χ2n) is 11.6. The Morgan fingerprint density at radius 1 is 1.03 bits per heavy atom. The van der Waals surface area contributed by atoms with E-state index < -0.39 is 17.7 Å². The van der Waals surface area contributed by atoms with Crippen molar-refractivity contribution in [2.24, 2.45) is 23.7 Å². The van der Waals surface area contributed by atoms with E-state index in [0.29, 0.717) is 48.4 Å². The zero-order valence-corrected chi connectivity index (χ0v) is 22.4. The van der Waals surface area contributed by atoms with Gasteiger partial charge in [0.25, 0.3) is 0 Å². The topological polar surface area (TPSA) is 85.6 Å². The summed E-state index contributed by atoms with van der Waals surface area (Å²) in [5.74, 6) is 1.16. The van der Waals surface area contributed by atoms with Crippen molar-refractivity contribution in [2.75, 3.05) is 13.2 Å². The van der Waals surface area contributed by atoms with Crippen LogP contribution in [0.4, 0.5) is 0 Å². The first-order valence-corrected chi connectivity index (χ1v) is 13.7. The Hall–Kier alpha value is -1.97. The Bertz CT molecular complexity index is 1220. The van der Waals surface area contributed by atoms with E-state index in [9.17, 15) is 4.79 Å². The average Bonchev–Trinajstić information content (AvgIpc) is 3.11. The first-order chi connectivity index (χ1) is 17.7. The van der Waals surface area contributed by atoms with Gasteiger partial charge in [0.1, 0.15) is 11.3 Å². The number of hydrogen-bond donors (Lipinski definition) is 0. The second kappa shape index (κ2) is 9.35. The SMILES string of the molecule is Cc1c(C)c2ccc(OCCCO[C@H]3O[C@@H]4O[C@@]5(C)CC[C@H]6[C@H](C)CC[C@@H]([C@H]3C)[C@@]46OO5)cc2oc1=O. The van der Waals surface area contributed by atoms with Gasteiger partial charge < -0.3 is 23.4 Å². The van der Waals surface area contributed by atoms with E-state index in [0.717, 1.165) is 30.2 Å². The van der Waals surface area contributed by atoms with Crippen LogP contribution in [0.2, 0.25) is 0 Å². The highest BCUT2D eigenvalue weighted by Crippen LogP contribution is 2.60. The van der Waals surface area contributed by atoms with Crippen molar-refractivity contribution in [3.63, 3.8) is 0 Å². The maximum absolute atomic E-state index is 12.0. The van der Waals surface area contributed by atoms with Crippen LogP contribution in [0.25, 0.3) is 11.0 Å². The fraction of sp³-hybridized carbons (Fsp3) is 0.690. The highest BCUT2D eigenvalue weighted by atomic mass is 17.3. The van der Waals surface area contributed by atoms with Crippen LogP contribution >= 0.6 is 0 Å². The zero-order chi connectivity index (χ0) is 25.9.